The molecule has 0 aromatic carbocycles. The number of likely N-dealkylation sites (tertiary alicyclic amines) is 1. The van der Waals surface area contributed by atoms with Crippen molar-refractivity contribution in [3.8, 4) is 0 Å². The first kappa shape index (κ1) is 15.8. The molecule has 1 amide bonds. The molecule has 1 aromatic rings. The molecule has 114 valence electrons. The van der Waals surface area contributed by atoms with Crippen molar-refractivity contribution in [3.05, 3.63) is 23.9 Å². The monoisotopic (exact) mass is 308 g/mol. The van der Waals surface area contributed by atoms with Gasteiger partial charge in [0.25, 0.3) is 0 Å². The zero-order valence-electron chi connectivity index (χ0n) is 12.3. The first-order valence-electron chi connectivity index (χ1n) is 7.12. The predicted molar refractivity (Wildman–Crippen MR) is 81.5 cm³/mol. The largest absolute Gasteiger partial charge is 0.478 e. The summed E-state index contributed by atoms with van der Waals surface area (Å²) in [6.07, 6.45) is 4.73. The van der Waals surface area contributed by atoms with Crippen molar-refractivity contribution < 1.29 is 14.7 Å². The Morgan fingerprint density at radius 2 is 2.05 bits per heavy atom. The van der Waals surface area contributed by atoms with E-state index in [4.69, 9.17) is 5.11 Å². The van der Waals surface area contributed by atoms with Gasteiger partial charge in [-0.25, -0.2) is 9.78 Å². The number of carboxylic acid groups (broad SMARTS) is 1. The second-order valence-electron chi connectivity index (χ2n) is 5.41. The SMILES string of the molecule is CC1CCCC(C)N1C(=O)CSc1cc(C(=O)O)ccn1. The lowest BCUT2D eigenvalue weighted by atomic mass is 9.98. The molecule has 0 aliphatic carbocycles. The van der Waals surface area contributed by atoms with Gasteiger partial charge < -0.3 is 10.0 Å². The quantitative estimate of drug-likeness (QED) is 0.866. The van der Waals surface area contributed by atoms with Crippen molar-refractivity contribution >= 4 is 23.6 Å². The highest BCUT2D eigenvalue weighted by atomic mass is 32.2. The number of pyridine rings is 1. The second kappa shape index (κ2) is 6.93. The van der Waals surface area contributed by atoms with Crippen molar-refractivity contribution in [1.29, 1.82) is 0 Å². The van der Waals surface area contributed by atoms with E-state index in [0.29, 0.717) is 10.8 Å². The normalized spacial score (nSPS) is 22.1. The van der Waals surface area contributed by atoms with E-state index < -0.39 is 5.97 Å². The number of nitrogens with zero attached hydrogens (tertiary/aromatic N) is 2. The van der Waals surface area contributed by atoms with Gasteiger partial charge in [0.05, 0.1) is 16.3 Å². The van der Waals surface area contributed by atoms with Crippen molar-refractivity contribution in [1.82, 2.24) is 9.88 Å². The lowest BCUT2D eigenvalue weighted by Crippen LogP contribution is -2.48. The molecule has 0 spiro atoms. The fourth-order valence-electron chi connectivity index (χ4n) is 2.74. The van der Waals surface area contributed by atoms with Crippen LogP contribution in [0.3, 0.4) is 0 Å². The molecule has 2 heterocycles. The van der Waals surface area contributed by atoms with E-state index in [9.17, 15) is 9.59 Å². The van der Waals surface area contributed by atoms with Gasteiger partial charge in [0, 0.05) is 18.3 Å². The average molecular weight is 308 g/mol. The smallest absolute Gasteiger partial charge is 0.335 e. The minimum Gasteiger partial charge on any atom is -0.478 e. The minimum atomic E-state index is -0.983. The van der Waals surface area contributed by atoms with Gasteiger partial charge in [0.15, 0.2) is 0 Å². The van der Waals surface area contributed by atoms with Crippen LogP contribution < -0.4 is 0 Å². The minimum absolute atomic E-state index is 0.0993. The van der Waals surface area contributed by atoms with E-state index in [2.05, 4.69) is 18.8 Å². The van der Waals surface area contributed by atoms with Crippen molar-refractivity contribution in [2.75, 3.05) is 5.75 Å². The highest BCUT2D eigenvalue weighted by Gasteiger charge is 2.28. The summed E-state index contributed by atoms with van der Waals surface area (Å²) in [5.41, 5.74) is 0.194. The van der Waals surface area contributed by atoms with Crippen LogP contribution in [0.1, 0.15) is 43.5 Å². The van der Waals surface area contributed by atoms with Gasteiger partial charge in [0.1, 0.15) is 0 Å². The van der Waals surface area contributed by atoms with E-state index in [1.54, 1.807) is 0 Å². The predicted octanol–water partition coefficient (Wildman–Crippen LogP) is 2.66. The number of thioether (sulfide) groups is 1. The highest BCUT2D eigenvalue weighted by Crippen LogP contribution is 2.25. The number of carbonyl (C=O) groups excluding carboxylic acids is 1. The van der Waals surface area contributed by atoms with Crippen LogP contribution >= 0.6 is 11.8 Å². The Labute approximate surface area is 128 Å². The van der Waals surface area contributed by atoms with E-state index in [1.807, 2.05) is 4.90 Å². The molecule has 1 aliphatic rings. The molecule has 0 radical (unpaired) electrons. The van der Waals surface area contributed by atoms with Crippen LogP contribution in [0.25, 0.3) is 0 Å². The zero-order valence-corrected chi connectivity index (χ0v) is 13.1. The number of carbonyl (C=O) groups is 2. The lowest BCUT2D eigenvalue weighted by molar-refractivity contribution is -0.134. The van der Waals surface area contributed by atoms with Crippen molar-refractivity contribution in [2.24, 2.45) is 0 Å². The fourth-order valence-corrected chi connectivity index (χ4v) is 3.51. The zero-order chi connectivity index (χ0) is 15.4. The maximum absolute atomic E-state index is 12.4. The first-order valence-corrected chi connectivity index (χ1v) is 8.11. The Balaban J connectivity index is 1.97. The van der Waals surface area contributed by atoms with Crippen LogP contribution in [0, 0.1) is 0 Å². The van der Waals surface area contributed by atoms with Gasteiger partial charge >= 0.3 is 5.97 Å². The van der Waals surface area contributed by atoms with E-state index in [1.165, 1.54) is 36.5 Å². The summed E-state index contributed by atoms with van der Waals surface area (Å²) in [5.74, 6) is -0.587. The van der Waals surface area contributed by atoms with Gasteiger partial charge in [-0.15, -0.1) is 0 Å². The maximum Gasteiger partial charge on any atom is 0.335 e. The average Bonchev–Trinajstić information content (AvgIpc) is 2.45. The Morgan fingerprint density at radius 1 is 1.38 bits per heavy atom. The molecule has 2 rings (SSSR count). The van der Waals surface area contributed by atoms with E-state index >= 15 is 0 Å². The molecule has 2 unspecified atom stereocenters. The number of aromatic carboxylic acids is 1. The molecule has 0 bridgehead atoms. The third-order valence-corrected chi connectivity index (χ3v) is 4.72. The Morgan fingerprint density at radius 3 is 2.67 bits per heavy atom. The summed E-state index contributed by atoms with van der Waals surface area (Å²) in [6.45, 7) is 4.17. The molecule has 21 heavy (non-hydrogen) atoms. The van der Waals surface area contributed by atoms with Crippen LogP contribution in [-0.4, -0.2) is 44.7 Å². The van der Waals surface area contributed by atoms with Crippen molar-refractivity contribution in [2.45, 2.75) is 50.2 Å². The summed E-state index contributed by atoms with van der Waals surface area (Å²) in [7, 11) is 0. The third-order valence-electron chi connectivity index (χ3n) is 3.81. The number of aromatic nitrogens is 1. The molecule has 1 aliphatic heterocycles. The molecule has 1 N–H and O–H groups in total. The summed E-state index contributed by atoms with van der Waals surface area (Å²) in [5, 5.41) is 9.52. The molecule has 5 nitrogen and oxygen atoms in total. The topological polar surface area (TPSA) is 70.5 Å². The Kier molecular flexibility index (Phi) is 5.22. The molecule has 1 saturated heterocycles. The van der Waals surface area contributed by atoms with Crippen molar-refractivity contribution in [3.63, 3.8) is 0 Å². The molecule has 0 saturated carbocycles. The second-order valence-corrected chi connectivity index (χ2v) is 6.40. The molecule has 1 aromatic heterocycles. The van der Waals surface area contributed by atoms with E-state index in [0.717, 1.165) is 12.8 Å². The number of hydrogen-bond acceptors (Lipinski definition) is 4. The summed E-state index contributed by atoms with van der Waals surface area (Å²) >= 11 is 1.29. The van der Waals surface area contributed by atoms with Crippen LogP contribution in [0.4, 0.5) is 0 Å². The van der Waals surface area contributed by atoms with Crippen LogP contribution in [-0.2, 0) is 4.79 Å². The Hall–Kier alpha value is -1.56. The molecule has 6 heteroatoms. The number of hydrogen-bond donors (Lipinski definition) is 1. The van der Waals surface area contributed by atoms with Crippen LogP contribution in [0.2, 0.25) is 0 Å². The molecule has 2 atom stereocenters. The highest BCUT2D eigenvalue weighted by molar-refractivity contribution is 7.99. The van der Waals surface area contributed by atoms with Gasteiger partial charge in [-0.2, -0.15) is 0 Å². The Bertz CT molecular complexity index is 525. The lowest BCUT2D eigenvalue weighted by Gasteiger charge is -2.39. The maximum atomic E-state index is 12.4. The summed E-state index contributed by atoms with van der Waals surface area (Å²) in [6, 6.07) is 3.51. The molecular weight excluding hydrogens is 288 g/mol. The standard InChI is InChI=1S/C15H20N2O3S/c1-10-4-3-5-11(2)17(10)14(18)9-21-13-8-12(15(19)20)6-7-16-13/h6-8,10-11H,3-5,9H2,1-2H3,(H,19,20). The van der Waals surface area contributed by atoms with Gasteiger partial charge in [0.2, 0.25) is 5.91 Å². The molecular formula is C15H20N2O3S. The third kappa shape index (κ3) is 3.97. The number of carboxylic acids is 1. The van der Waals surface area contributed by atoms with Gasteiger partial charge in [-0.1, -0.05) is 11.8 Å². The summed E-state index contributed by atoms with van der Waals surface area (Å²) < 4.78 is 0. The van der Waals surface area contributed by atoms with Crippen LogP contribution in [0.5, 0.6) is 0 Å². The summed E-state index contributed by atoms with van der Waals surface area (Å²) in [4.78, 5) is 29.3. The van der Waals surface area contributed by atoms with Gasteiger partial charge in [-0.3, -0.25) is 4.79 Å². The fraction of sp³-hybridized carbons (Fsp3) is 0.533. The molecule has 1 fully saturated rings. The number of piperidine rings is 1. The van der Waals surface area contributed by atoms with Gasteiger partial charge in [-0.05, 0) is 45.2 Å². The number of amides is 1. The first-order chi connectivity index (χ1) is 9.99. The number of rotatable bonds is 4. The van der Waals surface area contributed by atoms with E-state index in [-0.39, 0.29) is 23.6 Å². The van der Waals surface area contributed by atoms with Crippen LogP contribution in [0.15, 0.2) is 23.4 Å².